The molecular formula is C8H10BNO. The second kappa shape index (κ2) is 3.91. The Labute approximate surface area is 66.7 Å². The normalized spacial score (nSPS) is 9.09. The summed E-state index contributed by atoms with van der Waals surface area (Å²) in [6.07, 6.45) is 1.40. The fourth-order valence-electron chi connectivity index (χ4n) is 0.910. The van der Waals surface area contributed by atoms with Crippen LogP contribution in [0.25, 0.3) is 0 Å². The summed E-state index contributed by atoms with van der Waals surface area (Å²) in [5, 5.41) is 0. The molecule has 2 N–H and O–H groups in total. The second-order valence-corrected chi connectivity index (χ2v) is 2.45. The number of rotatable bonds is 3. The van der Waals surface area contributed by atoms with Crippen LogP contribution >= 0.6 is 0 Å². The van der Waals surface area contributed by atoms with Crippen LogP contribution < -0.4 is 5.73 Å². The van der Waals surface area contributed by atoms with Crippen LogP contribution in [-0.2, 0) is 11.1 Å². The Hall–Kier alpha value is -1.12. The molecule has 0 saturated heterocycles. The molecule has 2 nitrogen and oxygen atoms in total. The average molecular weight is 147 g/mol. The molecule has 0 unspecified atom stereocenters. The van der Waals surface area contributed by atoms with Gasteiger partial charge in [0.15, 0.2) is 0 Å². The van der Waals surface area contributed by atoms with Crippen LogP contribution in [0.3, 0.4) is 0 Å². The molecule has 0 atom stereocenters. The third-order valence-electron chi connectivity index (χ3n) is 1.53. The van der Waals surface area contributed by atoms with Gasteiger partial charge in [0.05, 0.1) is 0 Å². The van der Waals surface area contributed by atoms with E-state index in [1.165, 1.54) is 0 Å². The molecule has 0 spiro atoms. The SMILES string of the molecule is Nc1ccc(CCB=O)cc1. The van der Waals surface area contributed by atoms with E-state index in [9.17, 15) is 4.70 Å². The van der Waals surface area contributed by atoms with Crippen LogP contribution in [0, 0.1) is 0 Å². The van der Waals surface area contributed by atoms with Crippen molar-refractivity contribution >= 4 is 12.8 Å². The molecule has 1 aromatic carbocycles. The number of anilines is 1. The Morgan fingerprint density at radius 2 is 1.91 bits per heavy atom. The van der Waals surface area contributed by atoms with E-state index in [1.807, 2.05) is 24.3 Å². The molecule has 11 heavy (non-hydrogen) atoms. The van der Waals surface area contributed by atoms with Crippen molar-refractivity contribution in [2.75, 3.05) is 5.73 Å². The number of nitrogens with two attached hydrogens (primary N) is 1. The maximum atomic E-state index is 10.0. The van der Waals surface area contributed by atoms with Crippen molar-refractivity contribution in [3.05, 3.63) is 29.8 Å². The zero-order valence-corrected chi connectivity index (χ0v) is 6.29. The van der Waals surface area contributed by atoms with E-state index >= 15 is 0 Å². The van der Waals surface area contributed by atoms with Crippen molar-refractivity contribution in [2.24, 2.45) is 0 Å². The van der Waals surface area contributed by atoms with Gasteiger partial charge in [0.25, 0.3) is 0 Å². The standard InChI is InChI=1S/C8H10BNO/c10-8-3-1-7(2-4-8)5-6-9-11/h1-4H,5-6,10H2. The van der Waals surface area contributed by atoms with Gasteiger partial charge in [0, 0.05) is 0 Å². The molecule has 0 heterocycles. The molecule has 0 amide bonds. The number of nitrogen functional groups attached to an aromatic ring is 1. The summed E-state index contributed by atoms with van der Waals surface area (Å²) in [5.74, 6) is 0. The molecule has 0 aliphatic carbocycles. The fraction of sp³-hybridized carbons (Fsp3) is 0.250. The van der Waals surface area contributed by atoms with Crippen molar-refractivity contribution in [1.29, 1.82) is 0 Å². The molecule has 0 fully saturated rings. The predicted octanol–water partition coefficient (Wildman–Crippen LogP) is 1.28. The van der Waals surface area contributed by atoms with E-state index in [0.717, 1.165) is 24.8 Å². The molecular weight excluding hydrogens is 137 g/mol. The Bertz CT molecular complexity index is 232. The Morgan fingerprint density at radius 1 is 1.27 bits per heavy atom. The zero-order chi connectivity index (χ0) is 8.10. The molecule has 0 aliphatic heterocycles. The summed E-state index contributed by atoms with van der Waals surface area (Å²) in [4.78, 5) is 0. The van der Waals surface area contributed by atoms with Crippen LogP contribution in [0.2, 0.25) is 6.32 Å². The first kappa shape index (κ1) is 7.99. The van der Waals surface area contributed by atoms with Crippen LogP contribution in [0.1, 0.15) is 5.56 Å². The van der Waals surface area contributed by atoms with Gasteiger partial charge in [-0.15, -0.1) is 0 Å². The number of hydrogen-bond acceptors (Lipinski definition) is 2. The van der Waals surface area contributed by atoms with Crippen LogP contribution in [-0.4, -0.2) is 7.15 Å². The molecule has 0 aliphatic rings. The third-order valence-corrected chi connectivity index (χ3v) is 1.53. The van der Waals surface area contributed by atoms with E-state index in [2.05, 4.69) is 0 Å². The quantitative estimate of drug-likeness (QED) is 0.516. The van der Waals surface area contributed by atoms with E-state index in [0.29, 0.717) is 6.32 Å². The van der Waals surface area contributed by atoms with Gasteiger partial charge in [-0.3, -0.25) is 0 Å². The van der Waals surface area contributed by atoms with Gasteiger partial charge in [-0.05, 0) is 0 Å². The van der Waals surface area contributed by atoms with Crippen molar-refractivity contribution in [1.82, 2.24) is 0 Å². The van der Waals surface area contributed by atoms with Gasteiger partial charge in [-0.1, -0.05) is 0 Å². The third kappa shape index (κ3) is 2.54. The fourth-order valence-corrected chi connectivity index (χ4v) is 0.910. The topological polar surface area (TPSA) is 43.1 Å². The molecule has 0 aromatic heterocycles. The summed E-state index contributed by atoms with van der Waals surface area (Å²) in [6.45, 7) is 0. The number of aryl methyl sites for hydroxylation is 1. The Balaban J connectivity index is 2.58. The second-order valence-electron chi connectivity index (χ2n) is 2.45. The summed E-state index contributed by atoms with van der Waals surface area (Å²) >= 11 is 0. The predicted molar refractivity (Wildman–Crippen MR) is 45.8 cm³/mol. The molecule has 1 aromatic rings. The first-order valence-corrected chi connectivity index (χ1v) is 3.61. The van der Waals surface area contributed by atoms with E-state index in [4.69, 9.17) is 5.73 Å². The van der Waals surface area contributed by atoms with Crippen molar-refractivity contribution < 1.29 is 4.70 Å². The summed E-state index contributed by atoms with van der Waals surface area (Å²) < 4.78 is 10.0. The number of hydrogen-bond donors (Lipinski definition) is 1. The van der Waals surface area contributed by atoms with Crippen LogP contribution in [0.15, 0.2) is 24.3 Å². The molecule has 0 radical (unpaired) electrons. The zero-order valence-electron chi connectivity index (χ0n) is 6.29. The summed E-state index contributed by atoms with van der Waals surface area (Å²) in [5.41, 5.74) is 7.41. The molecule has 56 valence electrons. The average Bonchev–Trinajstić information content (AvgIpc) is 2.04. The van der Waals surface area contributed by atoms with Crippen LogP contribution in [0.4, 0.5) is 5.69 Å². The van der Waals surface area contributed by atoms with E-state index in [1.54, 1.807) is 0 Å². The minimum atomic E-state index is 0.587. The monoisotopic (exact) mass is 147 g/mol. The van der Waals surface area contributed by atoms with Crippen molar-refractivity contribution in [3.63, 3.8) is 0 Å². The molecule has 3 heteroatoms. The van der Waals surface area contributed by atoms with Gasteiger partial charge >= 0.3 is 65.8 Å². The van der Waals surface area contributed by atoms with E-state index < -0.39 is 0 Å². The maximum absolute atomic E-state index is 10.0. The molecule has 1 rings (SSSR count). The number of benzene rings is 1. The van der Waals surface area contributed by atoms with Crippen molar-refractivity contribution in [2.45, 2.75) is 12.7 Å². The van der Waals surface area contributed by atoms with Gasteiger partial charge in [-0.2, -0.15) is 0 Å². The van der Waals surface area contributed by atoms with Gasteiger partial charge in [0.1, 0.15) is 0 Å². The van der Waals surface area contributed by atoms with E-state index in [-0.39, 0.29) is 0 Å². The minimum absolute atomic E-state index is 0.587. The Morgan fingerprint density at radius 3 is 2.45 bits per heavy atom. The van der Waals surface area contributed by atoms with Crippen molar-refractivity contribution in [3.8, 4) is 0 Å². The van der Waals surface area contributed by atoms with Gasteiger partial charge in [0.2, 0.25) is 0 Å². The van der Waals surface area contributed by atoms with Crippen LogP contribution in [0.5, 0.6) is 0 Å². The van der Waals surface area contributed by atoms with Gasteiger partial charge < -0.3 is 0 Å². The Kier molecular flexibility index (Phi) is 2.84. The first-order valence-electron chi connectivity index (χ1n) is 3.61. The summed E-state index contributed by atoms with van der Waals surface area (Å²) in [6, 6.07) is 7.58. The molecule has 0 saturated carbocycles. The first-order chi connectivity index (χ1) is 5.33. The summed E-state index contributed by atoms with van der Waals surface area (Å²) in [7, 11) is 0.927. The van der Waals surface area contributed by atoms with Gasteiger partial charge in [-0.25, -0.2) is 0 Å². The molecule has 0 bridgehead atoms.